The van der Waals surface area contributed by atoms with E-state index in [2.05, 4.69) is 27.7 Å². The molecule has 1 N–H and O–H groups in total. The fraction of sp³-hybridized carbons (Fsp3) is 0.943. The Bertz CT molecular complexity index is 512. The molecule has 5 nitrogen and oxygen atoms in total. The van der Waals surface area contributed by atoms with Gasteiger partial charge >= 0.3 is 11.9 Å². The van der Waals surface area contributed by atoms with Crippen LogP contribution in [0.5, 0.6) is 0 Å². The molecule has 0 saturated heterocycles. The summed E-state index contributed by atoms with van der Waals surface area (Å²) in [5.74, 6) is 1.10. The SMILES string of the molecule is CC(C)CCCCCCCCCCCCC(=O)OCC(O)COC(=O)CCCCCCCCCCCCC(C)C. The molecule has 0 rings (SSSR count). The maximum absolute atomic E-state index is 11.9. The van der Waals surface area contributed by atoms with Crippen molar-refractivity contribution in [2.24, 2.45) is 11.8 Å². The van der Waals surface area contributed by atoms with E-state index >= 15 is 0 Å². The highest BCUT2D eigenvalue weighted by Crippen LogP contribution is 2.15. The second kappa shape index (κ2) is 29.4. The van der Waals surface area contributed by atoms with E-state index in [1.165, 1.54) is 103 Å². The van der Waals surface area contributed by atoms with E-state index in [1.807, 2.05) is 0 Å². The quantitative estimate of drug-likeness (QED) is 0.0689. The number of aliphatic hydroxyl groups excluding tert-OH is 1. The molecule has 0 unspecified atom stereocenters. The molecular weight excluding hydrogens is 500 g/mol. The van der Waals surface area contributed by atoms with Crippen LogP contribution in [0.4, 0.5) is 0 Å². The number of carbonyl (C=O) groups excluding carboxylic acids is 2. The third kappa shape index (κ3) is 31.4. The van der Waals surface area contributed by atoms with Crippen LogP contribution in [0, 0.1) is 11.8 Å². The van der Waals surface area contributed by atoms with Gasteiger partial charge in [0.05, 0.1) is 0 Å². The minimum Gasteiger partial charge on any atom is -0.463 e. The maximum Gasteiger partial charge on any atom is 0.305 e. The zero-order valence-electron chi connectivity index (χ0n) is 27.2. The Kier molecular flexibility index (Phi) is 28.6. The van der Waals surface area contributed by atoms with Crippen molar-refractivity contribution in [1.82, 2.24) is 0 Å². The molecule has 0 spiro atoms. The molecule has 238 valence electrons. The van der Waals surface area contributed by atoms with E-state index in [4.69, 9.17) is 9.47 Å². The first kappa shape index (κ1) is 38.9. The highest BCUT2D eigenvalue weighted by molar-refractivity contribution is 5.69. The van der Waals surface area contributed by atoms with Crippen LogP contribution in [0.1, 0.15) is 182 Å². The van der Waals surface area contributed by atoms with Gasteiger partial charge in [0, 0.05) is 12.8 Å². The van der Waals surface area contributed by atoms with Gasteiger partial charge in [0.1, 0.15) is 19.3 Å². The molecule has 0 aliphatic rings. The van der Waals surface area contributed by atoms with Crippen LogP contribution in [0.2, 0.25) is 0 Å². The molecule has 0 heterocycles. The Hall–Kier alpha value is -1.10. The number of rotatable bonds is 30. The molecule has 0 radical (unpaired) electrons. The van der Waals surface area contributed by atoms with Gasteiger partial charge in [-0.2, -0.15) is 0 Å². The predicted molar refractivity (Wildman–Crippen MR) is 168 cm³/mol. The number of aliphatic hydroxyl groups is 1. The number of carbonyl (C=O) groups is 2. The van der Waals surface area contributed by atoms with Gasteiger partial charge in [-0.1, -0.05) is 156 Å². The van der Waals surface area contributed by atoms with Crippen molar-refractivity contribution in [1.29, 1.82) is 0 Å². The molecule has 40 heavy (non-hydrogen) atoms. The fourth-order valence-electron chi connectivity index (χ4n) is 5.04. The van der Waals surface area contributed by atoms with Crippen molar-refractivity contribution in [2.75, 3.05) is 13.2 Å². The average Bonchev–Trinajstić information content (AvgIpc) is 2.91. The van der Waals surface area contributed by atoms with E-state index in [-0.39, 0.29) is 25.2 Å². The number of ether oxygens (including phenoxy) is 2. The van der Waals surface area contributed by atoms with Crippen LogP contribution < -0.4 is 0 Å². The number of hydrogen-bond acceptors (Lipinski definition) is 5. The first-order chi connectivity index (χ1) is 19.3. The lowest BCUT2D eigenvalue weighted by Crippen LogP contribution is -2.25. The summed E-state index contributed by atoms with van der Waals surface area (Å²) in [7, 11) is 0. The van der Waals surface area contributed by atoms with Crippen molar-refractivity contribution in [3.8, 4) is 0 Å². The number of esters is 2. The summed E-state index contributed by atoms with van der Waals surface area (Å²) in [4.78, 5) is 23.8. The lowest BCUT2D eigenvalue weighted by Gasteiger charge is -2.12. The van der Waals surface area contributed by atoms with Crippen molar-refractivity contribution in [3.63, 3.8) is 0 Å². The van der Waals surface area contributed by atoms with Crippen molar-refractivity contribution < 1.29 is 24.2 Å². The number of hydrogen-bond donors (Lipinski definition) is 1. The van der Waals surface area contributed by atoms with Crippen LogP contribution in [-0.4, -0.2) is 36.4 Å². The van der Waals surface area contributed by atoms with E-state index in [0.29, 0.717) is 12.8 Å². The first-order valence-electron chi connectivity index (χ1n) is 17.3. The molecule has 5 heteroatoms. The molecule has 0 bridgehead atoms. The zero-order chi connectivity index (χ0) is 29.7. The molecule has 0 saturated carbocycles. The minimum atomic E-state index is -0.955. The summed E-state index contributed by atoms with van der Waals surface area (Å²) in [5.41, 5.74) is 0. The summed E-state index contributed by atoms with van der Waals surface area (Å²) in [5, 5.41) is 9.96. The van der Waals surface area contributed by atoms with Gasteiger partial charge in [-0.05, 0) is 24.7 Å². The summed E-state index contributed by atoms with van der Waals surface area (Å²) in [6.45, 7) is 8.96. The summed E-state index contributed by atoms with van der Waals surface area (Å²) in [6.07, 6.45) is 27.2. The van der Waals surface area contributed by atoms with Crippen molar-refractivity contribution in [3.05, 3.63) is 0 Å². The normalized spacial score (nSPS) is 11.6. The maximum atomic E-state index is 11.9. The van der Waals surface area contributed by atoms with E-state index < -0.39 is 6.10 Å². The Morgan fingerprint density at radius 3 is 0.975 bits per heavy atom. The molecule has 0 aromatic rings. The van der Waals surface area contributed by atoms with E-state index in [9.17, 15) is 14.7 Å². The molecular formula is C35H68O5. The van der Waals surface area contributed by atoms with Crippen molar-refractivity contribution >= 4 is 11.9 Å². The lowest BCUT2D eigenvalue weighted by molar-refractivity contribution is -0.152. The van der Waals surface area contributed by atoms with Crippen LogP contribution in [0.15, 0.2) is 0 Å². The zero-order valence-corrected chi connectivity index (χ0v) is 27.2. The highest BCUT2D eigenvalue weighted by atomic mass is 16.6. The van der Waals surface area contributed by atoms with Crippen LogP contribution in [-0.2, 0) is 19.1 Å². The Balaban J connectivity index is 3.42. The second-order valence-corrected chi connectivity index (χ2v) is 13.0. The van der Waals surface area contributed by atoms with Gasteiger partial charge in [-0.15, -0.1) is 0 Å². The molecule has 0 atom stereocenters. The third-order valence-corrected chi connectivity index (χ3v) is 7.70. The molecule has 0 aromatic heterocycles. The monoisotopic (exact) mass is 569 g/mol. The molecule has 0 aliphatic carbocycles. The summed E-state index contributed by atoms with van der Waals surface area (Å²) in [6, 6.07) is 0. The van der Waals surface area contributed by atoms with Gasteiger partial charge in [0.2, 0.25) is 0 Å². The van der Waals surface area contributed by atoms with Crippen LogP contribution in [0.25, 0.3) is 0 Å². The largest absolute Gasteiger partial charge is 0.463 e. The molecule has 0 fully saturated rings. The van der Waals surface area contributed by atoms with Crippen LogP contribution >= 0.6 is 0 Å². The first-order valence-corrected chi connectivity index (χ1v) is 17.3. The van der Waals surface area contributed by atoms with Gasteiger partial charge in [-0.25, -0.2) is 0 Å². The average molecular weight is 569 g/mol. The smallest absolute Gasteiger partial charge is 0.305 e. The standard InChI is InChI=1S/C35H68O5/c1-31(2)25-21-17-13-9-5-7-11-15-19-23-27-34(37)39-29-33(36)30-40-35(38)28-24-20-16-12-8-6-10-14-18-22-26-32(3)4/h31-33,36H,5-30H2,1-4H3. The highest BCUT2D eigenvalue weighted by Gasteiger charge is 2.12. The molecule has 0 aromatic carbocycles. The predicted octanol–water partition coefficient (Wildman–Crippen LogP) is 10.1. The van der Waals surface area contributed by atoms with E-state index in [0.717, 1.165) is 50.4 Å². The minimum absolute atomic E-state index is 0.110. The topological polar surface area (TPSA) is 72.8 Å². The second-order valence-electron chi connectivity index (χ2n) is 13.0. The lowest BCUT2D eigenvalue weighted by atomic mass is 10.0. The van der Waals surface area contributed by atoms with Gasteiger partial charge in [0.15, 0.2) is 0 Å². The number of unbranched alkanes of at least 4 members (excludes halogenated alkanes) is 18. The van der Waals surface area contributed by atoms with Crippen LogP contribution in [0.3, 0.4) is 0 Å². The Morgan fingerprint density at radius 1 is 0.450 bits per heavy atom. The Labute approximate surface area is 248 Å². The van der Waals surface area contributed by atoms with E-state index in [1.54, 1.807) is 0 Å². The Morgan fingerprint density at radius 2 is 0.700 bits per heavy atom. The van der Waals surface area contributed by atoms with Gasteiger partial charge < -0.3 is 14.6 Å². The molecule has 0 aliphatic heterocycles. The third-order valence-electron chi connectivity index (χ3n) is 7.70. The molecule has 0 amide bonds. The van der Waals surface area contributed by atoms with Gasteiger partial charge in [-0.3, -0.25) is 9.59 Å². The fourth-order valence-corrected chi connectivity index (χ4v) is 5.04. The van der Waals surface area contributed by atoms with Crippen molar-refractivity contribution in [2.45, 2.75) is 188 Å². The summed E-state index contributed by atoms with van der Waals surface area (Å²) < 4.78 is 10.3. The summed E-state index contributed by atoms with van der Waals surface area (Å²) >= 11 is 0. The van der Waals surface area contributed by atoms with Gasteiger partial charge in [0.25, 0.3) is 0 Å².